The lowest BCUT2D eigenvalue weighted by Gasteiger charge is -2.23. The van der Waals surface area contributed by atoms with E-state index < -0.39 is 6.10 Å². The van der Waals surface area contributed by atoms with Gasteiger partial charge in [0.2, 0.25) is 0 Å². The number of benzene rings is 2. The third kappa shape index (κ3) is 2.65. The molecule has 104 valence electrons. The number of hydrogen-bond donors (Lipinski definition) is 1. The monoisotopic (exact) mass is 334 g/mol. The summed E-state index contributed by atoms with van der Waals surface area (Å²) in [7, 11) is 0. The molecule has 0 saturated heterocycles. The highest BCUT2D eigenvalue weighted by Gasteiger charge is 2.49. The summed E-state index contributed by atoms with van der Waals surface area (Å²) in [5, 5.41) is 10.6. The van der Waals surface area contributed by atoms with Crippen molar-refractivity contribution >= 4 is 15.9 Å². The first-order chi connectivity index (χ1) is 9.60. The van der Waals surface area contributed by atoms with Gasteiger partial charge in [-0.2, -0.15) is 0 Å². The zero-order valence-corrected chi connectivity index (χ0v) is 12.6. The van der Waals surface area contributed by atoms with E-state index in [2.05, 4.69) is 28.1 Å². The molecule has 1 nitrogen and oxygen atoms in total. The maximum Gasteiger partial charge on any atom is 0.124 e. The number of rotatable bonds is 4. The number of aliphatic hydroxyl groups is 1. The highest BCUT2D eigenvalue weighted by Crippen LogP contribution is 2.51. The molecule has 0 amide bonds. The predicted molar refractivity (Wildman–Crippen MR) is 81.2 cm³/mol. The third-order valence-electron chi connectivity index (χ3n) is 4.13. The van der Waals surface area contributed by atoms with Gasteiger partial charge in [0, 0.05) is 9.89 Å². The Hall–Kier alpha value is -1.19. The molecule has 1 fully saturated rings. The van der Waals surface area contributed by atoms with Crippen molar-refractivity contribution in [1.29, 1.82) is 0 Å². The fourth-order valence-electron chi connectivity index (χ4n) is 2.87. The quantitative estimate of drug-likeness (QED) is 0.887. The molecule has 20 heavy (non-hydrogen) atoms. The molecule has 0 radical (unpaired) electrons. The summed E-state index contributed by atoms with van der Waals surface area (Å²) in [6, 6.07) is 14.9. The van der Waals surface area contributed by atoms with Crippen molar-refractivity contribution in [3.8, 4) is 0 Å². The highest BCUT2D eigenvalue weighted by atomic mass is 79.9. The molecule has 2 aromatic rings. The Kier molecular flexibility index (Phi) is 3.65. The molecule has 1 atom stereocenters. The van der Waals surface area contributed by atoms with Gasteiger partial charge in [-0.05, 0) is 48.6 Å². The van der Waals surface area contributed by atoms with Gasteiger partial charge in [0.1, 0.15) is 5.82 Å². The minimum atomic E-state index is -0.474. The second-order valence-electron chi connectivity index (χ2n) is 5.52. The second kappa shape index (κ2) is 5.30. The predicted octanol–water partition coefficient (Wildman–Crippen LogP) is 4.22. The van der Waals surface area contributed by atoms with Gasteiger partial charge >= 0.3 is 0 Å². The molecule has 0 heterocycles. The van der Waals surface area contributed by atoms with Gasteiger partial charge in [-0.3, -0.25) is 0 Å². The zero-order valence-electron chi connectivity index (χ0n) is 11.0. The van der Waals surface area contributed by atoms with Gasteiger partial charge in [0.25, 0.3) is 0 Å². The highest BCUT2D eigenvalue weighted by molar-refractivity contribution is 9.10. The van der Waals surface area contributed by atoms with E-state index in [1.807, 2.05) is 24.3 Å². The van der Waals surface area contributed by atoms with E-state index in [0.29, 0.717) is 10.9 Å². The standard InChI is InChI=1S/C17H16BrFO/c18-14-8-12(9-15(19)11-14)10-16(20)17(6-7-17)13-4-2-1-3-5-13/h1-5,8-9,11,16,20H,6-7,10H2. The Morgan fingerprint density at radius 1 is 1.15 bits per heavy atom. The van der Waals surface area contributed by atoms with E-state index in [9.17, 15) is 9.50 Å². The maximum atomic E-state index is 13.4. The molecule has 1 aliphatic carbocycles. The largest absolute Gasteiger partial charge is 0.392 e. The Bertz CT molecular complexity index is 587. The van der Waals surface area contributed by atoms with Crippen LogP contribution in [0.25, 0.3) is 0 Å². The fraction of sp³-hybridized carbons (Fsp3) is 0.294. The third-order valence-corrected chi connectivity index (χ3v) is 4.58. The molecular weight excluding hydrogens is 319 g/mol. The minimum Gasteiger partial charge on any atom is -0.392 e. The first kappa shape index (κ1) is 13.8. The summed E-state index contributed by atoms with van der Waals surface area (Å²) in [6.07, 6.45) is 1.99. The molecule has 3 heteroatoms. The van der Waals surface area contributed by atoms with Crippen molar-refractivity contribution < 1.29 is 9.50 Å². The lowest BCUT2D eigenvalue weighted by Crippen LogP contribution is -2.28. The van der Waals surface area contributed by atoms with Crippen molar-refractivity contribution in [2.75, 3.05) is 0 Å². The molecule has 0 aliphatic heterocycles. The van der Waals surface area contributed by atoms with Crippen LogP contribution in [0, 0.1) is 5.82 Å². The van der Waals surface area contributed by atoms with E-state index in [4.69, 9.17) is 0 Å². The van der Waals surface area contributed by atoms with Gasteiger partial charge in [-0.25, -0.2) is 4.39 Å². The van der Waals surface area contributed by atoms with Crippen LogP contribution in [-0.2, 0) is 11.8 Å². The topological polar surface area (TPSA) is 20.2 Å². The molecule has 2 aromatic carbocycles. The Morgan fingerprint density at radius 3 is 2.45 bits per heavy atom. The molecule has 1 saturated carbocycles. The van der Waals surface area contributed by atoms with Crippen LogP contribution in [0.1, 0.15) is 24.0 Å². The summed E-state index contributed by atoms with van der Waals surface area (Å²) in [5.74, 6) is -0.272. The van der Waals surface area contributed by atoms with Gasteiger partial charge in [-0.15, -0.1) is 0 Å². The fourth-order valence-corrected chi connectivity index (χ4v) is 3.38. The molecule has 1 unspecified atom stereocenters. The number of halogens is 2. The maximum absolute atomic E-state index is 13.4. The number of hydrogen-bond acceptors (Lipinski definition) is 1. The summed E-state index contributed by atoms with van der Waals surface area (Å²) in [6.45, 7) is 0. The van der Waals surface area contributed by atoms with Crippen LogP contribution in [0.5, 0.6) is 0 Å². The van der Waals surface area contributed by atoms with Gasteiger partial charge < -0.3 is 5.11 Å². The zero-order chi connectivity index (χ0) is 14.2. The first-order valence-electron chi connectivity index (χ1n) is 6.79. The van der Waals surface area contributed by atoms with Crippen molar-refractivity contribution in [1.82, 2.24) is 0 Å². The normalized spacial score (nSPS) is 17.8. The van der Waals surface area contributed by atoms with Crippen LogP contribution in [0.15, 0.2) is 53.0 Å². The Balaban J connectivity index is 1.81. The molecule has 0 spiro atoms. The molecule has 0 bridgehead atoms. The van der Waals surface area contributed by atoms with E-state index in [1.54, 1.807) is 0 Å². The van der Waals surface area contributed by atoms with Crippen molar-refractivity contribution in [2.24, 2.45) is 0 Å². The van der Waals surface area contributed by atoms with Crippen LogP contribution in [-0.4, -0.2) is 11.2 Å². The average Bonchev–Trinajstić information content (AvgIpc) is 3.20. The first-order valence-corrected chi connectivity index (χ1v) is 7.58. The molecule has 1 aliphatic rings. The average molecular weight is 335 g/mol. The summed E-state index contributed by atoms with van der Waals surface area (Å²) >= 11 is 3.29. The van der Waals surface area contributed by atoms with Gasteiger partial charge in [-0.1, -0.05) is 46.3 Å². The summed E-state index contributed by atoms with van der Waals surface area (Å²) in [4.78, 5) is 0. The molecular formula is C17H16BrFO. The Labute approximate surface area is 126 Å². The van der Waals surface area contributed by atoms with Crippen LogP contribution >= 0.6 is 15.9 Å². The van der Waals surface area contributed by atoms with Crippen LogP contribution in [0.3, 0.4) is 0 Å². The second-order valence-corrected chi connectivity index (χ2v) is 6.44. The van der Waals surface area contributed by atoms with Crippen molar-refractivity contribution in [3.05, 3.63) is 69.9 Å². The SMILES string of the molecule is OC(Cc1cc(F)cc(Br)c1)C1(c2ccccc2)CC1. The number of aliphatic hydroxyl groups excluding tert-OH is 1. The smallest absolute Gasteiger partial charge is 0.124 e. The van der Waals surface area contributed by atoms with Crippen LogP contribution < -0.4 is 0 Å². The molecule has 1 N–H and O–H groups in total. The van der Waals surface area contributed by atoms with Crippen molar-refractivity contribution in [3.63, 3.8) is 0 Å². The summed E-state index contributed by atoms with van der Waals surface area (Å²) in [5.41, 5.74) is 1.87. The van der Waals surface area contributed by atoms with E-state index in [1.165, 1.54) is 17.7 Å². The lowest BCUT2D eigenvalue weighted by atomic mass is 9.86. The molecule has 3 rings (SSSR count). The van der Waals surface area contributed by atoms with Gasteiger partial charge in [0.15, 0.2) is 0 Å². The molecule has 0 aromatic heterocycles. The summed E-state index contributed by atoms with van der Waals surface area (Å²) < 4.78 is 14.1. The minimum absolute atomic E-state index is 0.139. The van der Waals surface area contributed by atoms with E-state index in [-0.39, 0.29) is 11.2 Å². The van der Waals surface area contributed by atoms with E-state index >= 15 is 0 Å². The lowest BCUT2D eigenvalue weighted by molar-refractivity contribution is 0.131. The Morgan fingerprint density at radius 2 is 1.85 bits per heavy atom. The van der Waals surface area contributed by atoms with Gasteiger partial charge in [0.05, 0.1) is 6.10 Å². The van der Waals surface area contributed by atoms with E-state index in [0.717, 1.165) is 18.4 Å². The van der Waals surface area contributed by atoms with Crippen LogP contribution in [0.4, 0.5) is 4.39 Å². The van der Waals surface area contributed by atoms with Crippen molar-refractivity contribution in [2.45, 2.75) is 30.8 Å². The van der Waals surface area contributed by atoms with Crippen LogP contribution in [0.2, 0.25) is 0 Å².